The van der Waals surface area contributed by atoms with Crippen molar-refractivity contribution in [2.24, 2.45) is 0 Å². The highest BCUT2D eigenvalue weighted by Crippen LogP contribution is 2.32. The summed E-state index contributed by atoms with van der Waals surface area (Å²) in [4.78, 5) is 0. The van der Waals surface area contributed by atoms with Gasteiger partial charge in [0.2, 0.25) is 0 Å². The summed E-state index contributed by atoms with van der Waals surface area (Å²) in [6, 6.07) is 13.1. The van der Waals surface area contributed by atoms with E-state index in [0.29, 0.717) is 22.3 Å². The van der Waals surface area contributed by atoms with Crippen LogP contribution in [0.4, 0.5) is 5.69 Å². The van der Waals surface area contributed by atoms with Crippen molar-refractivity contribution in [1.29, 1.82) is 0 Å². The lowest BCUT2D eigenvalue weighted by molar-refractivity contribution is 0.408. The highest BCUT2D eigenvalue weighted by Gasteiger charge is 2.10. The summed E-state index contributed by atoms with van der Waals surface area (Å²) < 4.78 is 11.1. The lowest BCUT2D eigenvalue weighted by Gasteiger charge is -2.08. The summed E-state index contributed by atoms with van der Waals surface area (Å²) in [6.07, 6.45) is 0. The zero-order valence-corrected chi connectivity index (χ0v) is 12.8. The lowest BCUT2D eigenvalue weighted by Crippen LogP contribution is -1.99. The molecule has 0 aliphatic rings. The van der Waals surface area contributed by atoms with Crippen LogP contribution >= 0.6 is 23.2 Å². The standard InChI is InChI=1S/C16H13Cl2NO2/c1-20-14-7-2-4-10-8-11(21-16(10)14)9-19-15-12(17)5-3-6-13(15)18/h2-8,19H,9H2,1H3. The average Bonchev–Trinajstić information content (AvgIpc) is 2.89. The van der Waals surface area contributed by atoms with E-state index in [1.54, 1.807) is 19.2 Å². The van der Waals surface area contributed by atoms with E-state index in [2.05, 4.69) is 5.32 Å². The highest BCUT2D eigenvalue weighted by atomic mass is 35.5. The molecule has 3 nitrogen and oxygen atoms in total. The van der Waals surface area contributed by atoms with Gasteiger partial charge < -0.3 is 14.5 Å². The second-order valence-corrected chi connectivity index (χ2v) is 5.36. The van der Waals surface area contributed by atoms with Gasteiger partial charge in [-0.3, -0.25) is 0 Å². The van der Waals surface area contributed by atoms with Crippen LogP contribution < -0.4 is 10.1 Å². The minimum absolute atomic E-state index is 0.487. The molecule has 0 fully saturated rings. The Kier molecular flexibility index (Phi) is 3.95. The first kappa shape index (κ1) is 14.1. The van der Waals surface area contributed by atoms with Crippen LogP contribution in [0.25, 0.3) is 11.0 Å². The van der Waals surface area contributed by atoms with Gasteiger partial charge in [0.25, 0.3) is 0 Å². The third-order valence-corrected chi connectivity index (χ3v) is 3.81. The molecule has 3 aromatic rings. The first-order valence-electron chi connectivity index (χ1n) is 6.42. The van der Waals surface area contributed by atoms with Crippen molar-refractivity contribution in [3.05, 3.63) is 58.3 Å². The molecule has 0 atom stereocenters. The molecule has 2 aromatic carbocycles. The Morgan fingerprint density at radius 2 is 1.81 bits per heavy atom. The number of benzene rings is 2. The van der Waals surface area contributed by atoms with Crippen LogP contribution in [0, 0.1) is 0 Å². The number of fused-ring (bicyclic) bond motifs is 1. The molecule has 21 heavy (non-hydrogen) atoms. The fourth-order valence-electron chi connectivity index (χ4n) is 2.18. The minimum atomic E-state index is 0.487. The molecule has 1 heterocycles. The molecular weight excluding hydrogens is 309 g/mol. The van der Waals surface area contributed by atoms with Gasteiger partial charge in [-0.1, -0.05) is 41.4 Å². The number of methoxy groups -OCH3 is 1. The average molecular weight is 322 g/mol. The Hall–Kier alpha value is -1.84. The maximum absolute atomic E-state index is 6.12. The van der Waals surface area contributed by atoms with E-state index < -0.39 is 0 Å². The molecular formula is C16H13Cl2NO2. The number of anilines is 1. The van der Waals surface area contributed by atoms with Gasteiger partial charge in [-0.05, 0) is 24.3 Å². The van der Waals surface area contributed by atoms with Gasteiger partial charge in [0, 0.05) is 5.39 Å². The number of nitrogens with one attached hydrogen (secondary N) is 1. The Labute approximate surface area is 132 Å². The molecule has 0 amide bonds. The summed E-state index contributed by atoms with van der Waals surface area (Å²) in [6.45, 7) is 0.487. The van der Waals surface area contributed by atoms with E-state index in [0.717, 1.165) is 22.5 Å². The fraction of sp³-hybridized carbons (Fsp3) is 0.125. The number of para-hydroxylation sites is 2. The van der Waals surface area contributed by atoms with Crippen LogP contribution in [0.1, 0.15) is 5.76 Å². The third kappa shape index (κ3) is 2.80. The van der Waals surface area contributed by atoms with Gasteiger partial charge in [0.05, 0.1) is 29.4 Å². The predicted octanol–water partition coefficient (Wildman–Crippen LogP) is 5.36. The molecule has 0 bridgehead atoms. The summed E-state index contributed by atoms with van der Waals surface area (Å²) in [7, 11) is 1.62. The number of hydrogen-bond acceptors (Lipinski definition) is 3. The van der Waals surface area contributed by atoms with E-state index in [9.17, 15) is 0 Å². The van der Waals surface area contributed by atoms with Crippen molar-refractivity contribution < 1.29 is 9.15 Å². The van der Waals surface area contributed by atoms with Gasteiger partial charge in [0.1, 0.15) is 5.76 Å². The Morgan fingerprint density at radius 1 is 1.10 bits per heavy atom. The van der Waals surface area contributed by atoms with Crippen LogP contribution in [0.15, 0.2) is 46.9 Å². The normalized spacial score (nSPS) is 10.8. The molecule has 1 aromatic heterocycles. The van der Waals surface area contributed by atoms with Crippen LogP contribution in [0.5, 0.6) is 5.75 Å². The topological polar surface area (TPSA) is 34.4 Å². The Bertz CT molecular complexity index is 763. The molecule has 0 spiro atoms. The summed E-state index contributed by atoms with van der Waals surface area (Å²) in [5.74, 6) is 1.50. The summed E-state index contributed by atoms with van der Waals surface area (Å²) in [5, 5.41) is 5.35. The molecule has 0 radical (unpaired) electrons. The van der Waals surface area contributed by atoms with Crippen LogP contribution in [0.3, 0.4) is 0 Å². The zero-order chi connectivity index (χ0) is 14.8. The SMILES string of the molecule is COc1cccc2cc(CNc3c(Cl)cccc3Cl)oc12. The van der Waals surface area contributed by atoms with Crippen molar-refractivity contribution in [3.8, 4) is 5.75 Å². The molecule has 1 N–H and O–H groups in total. The van der Waals surface area contributed by atoms with Gasteiger partial charge in [-0.15, -0.1) is 0 Å². The van der Waals surface area contributed by atoms with E-state index in [4.69, 9.17) is 32.4 Å². The number of halogens is 2. The van der Waals surface area contributed by atoms with Crippen molar-refractivity contribution in [2.75, 3.05) is 12.4 Å². The molecule has 0 aliphatic heterocycles. The summed E-state index contributed by atoms with van der Waals surface area (Å²) >= 11 is 12.2. The molecule has 5 heteroatoms. The second-order valence-electron chi connectivity index (χ2n) is 4.54. The number of hydrogen-bond donors (Lipinski definition) is 1. The van der Waals surface area contributed by atoms with Crippen LogP contribution in [-0.4, -0.2) is 7.11 Å². The monoisotopic (exact) mass is 321 g/mol. The van der Waals surface area contributed by atoms with E-state index >= 15 is 0 Å². The van der Waals surface area contributed by atoms with Gasteiger partial charge in [-0.25, -0.2) is 0 Å². The first-order chi connectivity index (χ1) is 10.2. The predicted molar refractivity (Wildman–Crippen MR) is 86.6 cm³/mol. The molecule has 0 saturated carbocycles. The third-order valence-electron chi connectivity index (χ3n) is 3.18. The quantitative estimate of drug-likeness (QED) is 0.702. The smallest absolute Gasteiger partial charge is 0.176 e. The molecule has 0 aliphatic carbocycles. The largest absolute Gasteiger partial charge is 0.493 e. The van der Waals surface area contributed by atoms with Crippen molar-refractivity contribution in [1.82, 2.24) is 0 Å². The lowest BCUT2D eigenvalue weighted by atomic mass is 10.2. The van der Waals surface area contributed by atoms with E-state index in [1.807, 2.05) is 30.3 Å². The van der Waals surface area contributed by atoms with Crippen LogP contribution in [0.2, 0.25) is 10.0 Å². The van der Waals surface area contributed by atoms with E-state index in [1.165, 1.54) is 0 Å². The van der Waals surface area contributed by atoms with Crippen LogP contribution in [-0.2, 0) is 6.54 Å². The minimum Gasteiger partial charge on any atom is -0.493 e. The Balaban J connectivity index is 1.86. The second kappa shape index (κ2) is 5.88. The maximum Gasteiger partial charge on any atom is 0.176 e. The summed E-state index contributed by atoms with van der Waals surface area (Å²) in [5.41, 5.74) is 1.44. The fourth-order valence-corrected chi connectivity index (χ4v) is 2.71. The highest BCUT2D eigenvalue weighted by molar-refractivity contribution is 6.39. The maximum atomic E-state index is 6.12. The Morgan fingerprint density at radius 3 is 2.52 bits per heavy atom. The molecule has 0 saturated heterocycles. The molecule has 3 rings (SSSR count). The van der Waals surface area contributed by atoms with Crippen molar-refractivity contribution >= 4 is 39.9 Å². The van der Waals surface area contributed by atoms with Gasteiger partial charge >= 0.3 is 0 Å². The van der Waals surface area contributed by atoms with E-state index in [-0.39, 0.29) is 0 Å². The molecule has 0 unspecified atom stereocenters. The number of furan rings is 1. The van der Waals surface area contributed by atoms with Gasteiger partial charge in [-0.2, -0.15) is 0 Å². The van der Waals surface area contributed by atoms with Crippen molar-refractivity contribution in [2.45, 2.75) is 6.54 Å². The van der Waals surface area contributed by atoms with Crippen molar-refractivity contribution in [3.63, 3.8) is 0 Å². The van der Waals surface area contributed by atoms with Gasteiger partial charge in [0.15, 0.2) is 11.3 Å². The zero-order valence-electron chi connectivity index (χ0n) is 11.3. The first-order valence-corrected chi connectivity index (χ1v) is 7.18. The molecule has 108 valence electrons. The number of ether oxygens (including phenoxy) is 1. The number of rotatable bonds is 4.